The van der Waals surface area contributed by atoms with Crippen LogP contribution < -0.4 is 0 Å². The molecule has 0 aliphatic rings. The van der Waals surface area contributed by atoms with Gasteiger partial charge < -0.3 is 9.64 Å². The third-order valence-electron chi connectivity index (χ3n) is 4.39. The fraction of sp³-hybridized carbons (Fsp3) is 0.167. The van der Waals surface area contributed by atoms with Crippen molar-refractivity contribution < 1.29 is 14.3 Å². The molecule has 3 rings (SSSR count). The van der Waals surface area contributed by atoms with Crippen LogP contribution in [0.1, 0.15) is 28.4 Å². The summed E-state index contributed by atoms with van der Waals surface area (Å²) in [5.74, 6) is -0.724. The van der Waals surface area contributed by atoms with E-state index in [1.807, 2.05) is 66.7 Å². The van der Waals surface area contributed by atoms with Crippen LogP contribution in [0.5, 0.6) is 0 Å². The second-order valence-electron chi connectivity index (χ2n) is 6.58. The molecule has 4 nitrogen and oxygen atoms in total. The van der Waals surface area contributed by atoms with Gasteiger partial charge in [-0.1, -0.05) is 78.9 Å². The Hall–Kier alpha value is -3.40. The first kappa shape index (κ1) is 19.4. The summed E-state index contributed by atoms with van der Waals surface area (Å²) in [4.78, 5) is 27.1. The molecule has 0 bridgehead atoms. The van der Waals surface area contributed by atoms with E-state index in [-0.39, 0.29) is 5.91 Å². The van der Waals surface area contributed by atoms with E-state index in [2.05, 4.69) is 0 Å². The lowest BCUT2D eigenvalue weighted by atomic mass is 10.1. The maximum Gasteiger partial charge on any atom is 0.338 e. The van der Waals surface area contributed by atoms with Crippen LogP contribution in [0.3, 0.4) is 0 Å². The highest BCUT2D eigenvalue weighted by atomic mass is 16.5. The Morgan fingerprint density at radius 1 is 0.750 bits per heavy atom. The largest absolute Gasteiger partial charge is 0.449 e. The summed E-state index contributed by atoms with van der Waals surface area (Å²) in [5.41, 5.74) is 2.47. The van der Waals surface area contributed by atoms with Crippen LogP contribution in [0, 0.1) is 0 Å². The van der Waals surface area contributed by atoms with Gasteiger partial charge in [0.15, 0.2) is 6.10 Å². The Balaban J connectivity index is 1.74. The van der Waals surface area contributed by atoms with E-state index >= 15 is 0 Å². The quantitative estimate of drug-likeness (QED) is 0.575. The molecule has 142 valence electrons. The van der Waals surface area contributed by atoms with E-state index in [1.165, 1.54) is 0 Å². The summed E-state index contributed by atoms with van der Waals surface area (Å²) in [6.07, 6.45) is -0.875. The lowest BCUT2D eigenvalue weighted by Crippen LogP contribution is -2.39. The molecule has 28 heavy (non-hydrogen) atoms. The third kappa shape index (κ3) is 5.30. The molecule has 0 radical (unpaired) electrons. The molecular weight excluding hydrogens is 350 g/mol. The fourth-order valence-electron chi connectivity index (χ4n) is 2.93. The van der Waals surface area contributed by atoms with Crippen molar-refractivity contribution in [3.8, 4) is 0 Å². The number of nitrogens with zero attached hydrogens (tertiary/aromatic N) is 1. The Morgan fingerprint density at radius 3 is 1.64 bits per heavy atom. The number of carbonyl (C=O) groups excluding carboxylic acids is 2. The van der Waals surface area contributed by atoms with Crippen molar-refractivity contribution in [2.24, 2.45) is 0 Å². The van der Waals surface area contributed by atoms with E-state index in [0.717, 1.165) is 11.1 Å². The fourth-order valence-corrected chi connectivity index (χ4v) is 2.93. The number of rotatable bonds is 7. The Morgan fingerprint density at radius 2 is 1.18 bits per heavy atom. The normalized spacial score (nSPS) is 11.5. The van der Waals surface area contributed by atoms with Gasteiger partial charge in [-0.15, -0.1) is 0 Å². The van der Waals surface area contributed by atoms with Crippen LogP contribution in [-0.2, 0) is 22.6 Å². The van der Waals surface area contributed by atoms with Crippen LogP contribution in [0.15, 0.2) is 91.0 Å². The van der Waals surface area contributed by atoms with Gasteiger partial charge in [-0.3, -0.25) is 4.79 Å². The molecule has 0 spiro atoms. The topological polar surface area (TPSA) is 46.6 Å². The van der Waals surface area contributed by atoms with Crippen molar-refractivity contribution >= 4 is 11.9 Å². The Labute approximate surface area is 165 Å². The van der Waals surface area contributed by atoms with Crippen molar-refractivity contribution in [3.05, 3.63) is 108 Å². The maximum absolute atomic E-state index is 13.1. The molecule has 0 aliphatic heterocycles. The molecule has 3 aromatic carbocycles. The number of carbonyl (C=O) groups is 2. The summed E-state index contributed by atoms with van der Waals surface area (Å²) >= 11 is 0. The molecule has 0 fully saturated rings. The summed E-state index contributed by atoms with van der Waals surface area (Å²) in [6.45, 7) is 2.51. The number of esters is 1. The zero-order valence-corrected chi connectivity index (χ0v) is 15.8. The number of hydrogen-bond donors (Lipinski definition) is 0. The van der Waals surface area contributed by atoms with Gasteiger partial charge in [-0.2, -0.15) is 0 Å². The number of hydrogen-bond acceptors (Lipinski definition) is 3. The highest BCUT2D eigenvalue weighted by molar-refractivity contribution is 5.92. The van der Waals surface area contributed by atoms with Crippen molar-refractivity contribution in [1.82, 2.24) is 4.90 Å². The summed E-state index contributed by atoms with van der Waals surface area (Å²) in [7, 11) is 0. The van der Waals surface area contributed by atoms with Gasteiger partial charge in [0.25, 0.3) is 5.91 Å². The average molecular weight is 373 g/mol. The van der Waals surface area contributed by atoms with Gasteiger partial charge >= 0.3 is 5.97 Å². The first-order chi connectivity index (χ1) is 13.6. The van der Waals surface area contributed by atoms with Crippen LogP contribution in [0.2, 0.25) is 0 Å². The van der Waals surface area contributed by atoms with E-state index < -0.39 is 12.1 Å². The molecule has 0 heterocycles. The van der Waals surface area contributed by atoms with E-state index in [4.69, 9.17) is 4.74 Å². The minimum atomic E-state index is -0.875. The SMILES string of the molecule is CC(OC(=O)c1ccccc1)C(=O)N(Cc1ccccc1)Cc1ccccc1. The molecule has 3 aromatic rings. The Bertz CT molecular complexity index is 853. The third-order valence-corrected chi connectivity index (χ3v) is 4.39. The van der Waals surface area contributed by atoms with Crippen molar-refractivity contribution in [3.63, 3.8) is 0 Å². The van der Waals surface area contributed by atoms with E-state index in [1.54, 1.807) is 36.1 Å². The minimum absolute atomic E-state index is 0.225. The molecule has 0 aliphatic carbocycles. The molecule has 1 unspecified atom stereocenters. The second kappa shape index (κ2) is 9.51. The maximum atomic E-state index is 13.1. The van der Waals surface area contributed by atoms with Crippen LogP contribution in [0.4, 0.5) is 0 Å². The van der Waals surface area contributed by atoms with Crippen molar-refractivity contribution in [2.45, 2.75) is 26.1 Å². The predicted molar refractivity (Wildman–Crippen MR) is 108 cm³/mol. The molecular formula is C24H23NO3. The first-order valence-corrected chi connectivity index (χ1v) is 9.26. The molecule has 0 aromatic heterocycles. The highest BCUT2D eigenvalue weighted by Gasteiger charge is 2.24. The monoisotopic (exact) mass is 373 g/mol. The van der Waals surface area contributed by atoms with Gasteiger partial charge in [0.05, 0.1) is 5.56 Å². The summed E-state index contributed by atoms with van der Waals surface area (Å²) < 4.78 is 5.42. The lowest BCUT2D eigenvalue weighted by molar-refractivity contribution is -0.141. The zero-order chi connectivity index (χ0) is 19.8. The number of benzene rings is 3. The molecule has 0 saturated carbocycles. The molecule has 4 heteroatoms. The number of ether oxygens (including phenoxy) is 1. The van der Waals surface area contributed by atoms with Gasteiger partial charge in [0.1, 0.15) is 0 Å². The lowest BCUT2D eigenvalue weighted by Gasteiger charge is -2.26. The zero-order valence-electron chi connectivity index (χ0n) is 15.8. The van der Waals surface area contributed by atoms with Crippen molar-refractivity contribution in [1.29, 1.82) is 0 Å². The number of amides is 1. The smallest absolute Gasteiger partial charge is 0.338 e. The van der Waals surface area contributed by atoms with Gasteiger partial charge in [0.2, 0.25) is 0 Å². The molecule has 1 atom stereocenters. The highest BCUT2D eigenvalue weighted by Crippen LogP contribution is 2.14. The Kier molecular flexibility index (Phi) is 6.58. The summed E-state index contributed by atoms with van der Waals surface area (Å²) in [5, 5.41) is 0. The van der Waals surface area contributed by atoms with Crippen LogP contribution in [0.25, 0.3) is 0 Å². The van der Waals surface area contributed by atoms with Crippen LogP contribution in [-0.4, -0.2) is 22.9 Å². The first-order valence-electron chi connectivity index (χ1n) is 9.26. The second-order valence-corrected chi connectivity index (χ2v) is 6.58. The minimum Gasteiger partial charge on any atom is -0.449 e. The van der Waals surface area contributed by atoms with E-state index in [0.29, 0.717) is 18.7 Å². The molecule has 0 saturated heterocycles. The standard InChI is InChI=1S/C24H23NO3/c1-19(28-24(27)22-15-9-4-10-16-22)23(26)25(17-20-11-5-2-6-12-20)18-21-13-7-3-8-14-21/h2-16,19H,17-18H2,1H3. The van der Waals surface area contributed by atoms with Crippen molar-refractivity contribution in [2.75, 3.05) is 0 Å². The molecule has 1 amide bonds. The van der Waals surface area contributed by atoms with Gasteiger partial charge in [0, 0.05) is 13.1 Å². The van der Waals surface area contributed by atoms with Gasteiger partial charge in [-0.25, -0.2) is 4.79 Å². The van der Waals surface area contributed by atoms with E-state index in [9.17, 15) is 9.59 Å². The summed E-state index contributed by atoms with van der Waals surface area (Å²) in [6, 6.07) is 28.3. The average Bonchev–Trinajstić information content (AvgIpc) is 2.75. The molecule has 0 N–H and O–H groups in total. The van der Waals surface area contributed by atoms with Gasteiger partial charge in [-0.05, 0) is 30.2 Å². The predicted octanol–water partition coefficient (Wildman–Crippen LogP) is 4.46. The van der Waals surface area contributed by atoms with Crippen LogP contribution >= 0.6 is 0 Å².